The molecular formula is C12H16ClFN4O3. The fraction of sp³-hybridized carbons (Fsp3) is 0.500. The van der Waals surface area contributed by atoms with Crippen molar-refractivity contribution in [2.75, 3.05) is 50.0 Å². The minimum absolute atomic E-state index is 0.0241. The number of β-amino-alcohol motifs (C(OH)–C–C–N with tert-alkyl or cyclic N) is 1. The van der Waals surface area contributed by atoms with Crippen molar-refractivity contribution in [3.63, 3.8) is 0 Å². The van der Waals surface area contributed by atoms with Gasteiger partial charge in [-0.25, -0.2) is 4.39 Å². The smallest absolute Gasteiger partial charge is 0.296 e. The Morgan fingerprint density at radius 1 is 1.43 bits per heavy atom. The molecule has 0 unspecified atom stereocenters. The summed E-state index contributed by atoms with van der Waals surface area (Å²) in [5.74, 6) is -0.857. The summed E-state index contributed by atoms with van der Waals surface area (Å²) in [5, 5.41) is 19.7. The SMILES string of the molecule is Nc1c([N+](=O)[O-])cc(Cl)c(N2CCN(CCO)CC2)c1F. The predicted molar refractivity (Wildman–Crippen MR) is 78.2 cm³/mol. The molecule has 1 aliphatic rings. The Morgan fingerprint density at radius 3 is 2.57 bits per heavy atom. The lowest BCUT2D eigenvalue weighted by Crippen LogP contribution is -2.47. The van der Waals surface area contributed by atoms with Gasteiger partial charge in [0.15, 0.2) is 5.82 Å². The van der Waals surface area contributed by atoms with Crippen LogP contribution in [0.4, 0.5) is 21.5 Å². The summed E-state index contributed by atoms with van der Waals surface area (Å²) in [4.78, 5) is 13.8. The van der Waals surface area contributed by atoms with Crippen LogP contribution in [0, 0.1) is 15.9 Å². The zero-order valence-corrected chi connectivity index (χ0v) is 12.0. The first-order valence-corrected chi connectivity index (χ1v) is 6.83. The highest BCUT2D eigenvalue weighted by Crippen LogP contribution is 2.38. The number of aliphatic hydroxyl groups is 1. The molecule has 0 atom stereocenters. The number of nitro groups is 1. The summed E-state index contributed by atoms with van der Waals surface area (Å²) in [6.07, 6.45) is 0. The van der Waals surface area contributed by atoms with Crippen LogP contribution in [-0.4, -0.2) is 54.3 Å². The van der Waals surface area contributed by atoms with E-state index >= 15 is 0 Å². The molecule has 9 heteroatoms. The second kappa shape index (κ2) is 6.42. The molecule has 0 amide bonds. The van der Waals surface area contributed by atoms with Gasteiger partial charge in [0, 0.05) is 38.8 Å². The lowest BCUT2D eigenvalue weighted by Gasteiger charge is -2.36. The number of anilines is 2. The van der Waals surface area contributed by atoms with Gasteiger partial charge in [-0.2, -0.15) is 0 Å². The minimum atomic E-state index is -0.857. The first-order chi connectivity index (χ1) is 9.95. The van der Waals surface area contributed by atoms with Crippen molar-refractivity contribution in [2.24, 2.45) is 0 Å². The van der Waals surface area contributed by atoms with E-state index < -0.39 is 22.1 Å². The van der Waals surface area contributed by atoms with E-state index in [1.807, 2.05) is 4.90 Å². The quantitative estimate of drug-likeness (QED) is 0.490. The fourth-order valence-corrected chi connectivity index (χ4v) is 2.69. The van der Waals surface area contributed by atoms with Gasteiger partial charge in [-0.1, -0.05) is 11.6 Å². The van der Waals surface area contributed by atoms with E-state index in [9.17, 15) is 14.5 Å². The third kappa shape index (κ3) is 3.17. The van der Waals surface area contributed by atoms with Crippen LogP contribution in [0.2, 0.25) is 5.02 Å². The van der Waals surface area contributed by atoms with Gasteiger partial charge in [-0.15, -0.1) is 0 Å². The van der Waals surface area contributed by atoms with Crippen molar-refractivity contribution in [3.05, 3.63) is 27.0 Å². The lowest BCUT2D eigenvalue weighted by molar-refractivity contribution is -0.384. The highest BCUT2D eigenvalue weighted by Gasteiger charge is 2.27. The molecule has 1 fully saturated rings. The molecule has 1 heterocycles. The van der Waals surface area contributed by atoms with Gasteiger partial charge < -0.3 is 15.7 Å². The first kappa shape index (κ1) is 15.7. The van der Waals surface area contributed by atoms with Crippen molar-refractivity contribution in [1.29, 1.82) is 0 Å². The zero-order valence-electron chi connectivity index (χ0n) is 11.3. The zero-order chi connectivity index (χ0) is 15.6. The highest BCUT2D eigenvalue weighted by atomic mass is 35.5. The van der Waals surface area contributed by atoms with Gasteiger partial charge in [0.05, 0.1) is 22.2 Å². The second-order valence-electron chi connectivity index (χ2n) is 4.76. The van der Waals surface area contributed by atoms with E-state index in [2.05, 4.69) is 0 Å². The lowest BCUT2D eigenvalue weighted by atomic mass is 10.2. The van der Waals surface area contributed by atoms with E-state index in [-0.39, 0.29) is 17.3 Å². The molecular weight excluding hydrogens is 303 g/mol. The average Bonchev–Trinajstić information content (AvgIpc) is 2.45. The first-order valence-electron chi connectivity index (χ1n) is 6.45. The number of nitrogens with zero attached hydrogens (tertiary/aromatic N) is 3. The number of piperazine rings is 1. The van der Waals surface area contributed by atoms with E-state index in [1.54, 1.807) is 4.90 Å². The van der Waals surface area contributed by atoms with Crippen LogP contribution in [0.15, 0.2) is 6.07 Å². The number of hydrogen-bond acceptors (Lipinski definition) is 6. The van der Waals surface area contributed by atoms with Crippen LogP contribution in [-0.2, 0) is 0 Å². The molecule has 21 heavy (non-hydrogen) atoms. The van der Waals surface area contributed by atoms with Gasteiger partial charge in [0.2, 0.25) is 0 Å². The molecule has 7 nitrogen and oxygen atoms in total. The Morgan fingerprint density at radius 2 is 2.05 bits per heavy atom. The fourth-order valence-electron chi connectivity index (χ4n) is 2.39. The van der Waals surface area contributed by atoms with Crippen molar-refractivity contribution in [3.8, 4) is 0 Å². The van der Waals surface area contributed by atoms with E-state index in [0.717, 1.165) is 6.07 Å². The number of halogens is 2. The molecule has 116 valence electrons. The predicted octanol–water partition coefficient (Wildman–Crippen LogP) is 1.08. The van der Waals surface area contributed by atoms with Crippen molar-refractivity contribution < 1.29 is 14.4 Å². The number of aliphatic hydroxyl groups excluding tert-OH is 1. The molecule has 1 aliphatic heterocycles. The maximum atomic E-state index is 14.3. The Hall–Kier alpha value is -1.64. The van der Waals surface area contributed by atoms with Crippen molar-refractivity contribution >= 4 is 28.7 Å². The molecule has 0 bridgehead atoms. The number of nitrogens with two attached hydrogens (primary N) is 1. The summed E-state index contributed by atoms with van der Waals surface area (Å²) in [6, 6.07) is 1.08. The maximum Gasteiger partial charge on any atom is 0.296 e. The van der Waals surface area contributed by atoms with Crippen molar-refractivity contribution in [1.82, 2.24) is 4.90 Å². The van der Waals surface area contributed by atoms with Gasteiger partial charge >= 0.3 is 0 Å². The number of nitrogen functional groups attached to an aromatic ring is 1. The Kier molecular flexibility index (Phi) is 4.81. The molecule has 0 radical (unpaired) electrons. The molecule has 1 saturated heterocycles. The minimum Gasteiger partial charge on any atom is -0.395 e. The summed E-state index contributed by atoms with van der Waals surface area (Å²) in [5.41, 5.74) is 4.56. The average molecular weight is 319 g/mol. The topological polar surface area (TPSA) is 95.9 Å². The van der Waals surface area contributed by atoms with E-state index in [4.69, 9.17) is 22.4 Å². The molecule has 3 N–H and O–H groups in total. The maximum absolute atomic E-state index is 14.3. The number of benzene rings is 1. The van der Waals surface area contributed by atoms with Gasteiger partial charge in [-0.05, 0) is 0 Å². The van der Waals surface area contributed by atoms with Crippen LogP contribution >= 0.6 is 11.6 Å². The molecule has 0 aliphatic carbocycles. The Balaban J connectivity index is 2.25. The number of hydrogen-bond donors (Lipinski definition) is 2. The monoisotopic (exact) mass is 318 g/mol. The standard InChI is InChI=1S/C12H16ClFN4O3/c13-8-7-9(18(20)21)11(15)10(14)12(8)17-3-1-16(2-4-17)5-6-19/h7,19H,1-6,15H2. The Labute approximate surface area is 125 Å². The number of rotatable bonds is 4. The highest BCUT2D eigenvalue weighted by molar-refractivity contribution is 6.33. The number of nitro benzene ring substituents is 1. The third-order valence-corrected chi connectivity index (χ3v) is 3.80. The van der Waals surface area contributed by atoms with Crippen LogP contribution in [0.1, 0.15) is 0 Å². The summed E-state index contributed by atoms with van der Waals surface area (Å²) in [7, 11) is 0. The largest absolute Gasteiger partial charge is 0.395 e. The van der Waals surface area contributed by atoms with Crippen molar-refractivity contribution in [2.45, 2.75) is 0 Å². The molecule has 0 saturated carbocycles. The normalized spacial score (nSPS) is 16.2. The summed E-state index contributed by atoms with van der Waals surface area (Å²) < 4.78 is 14.3. The molecule has 0 aromatic heterocycles. The molecule has 0 spiro atoms. The van der Waals surface area contributed by atoms with Crippen LogP contribution in [0.5, 0.6) is 0 Å². The summed E-state index contributed by atoms with van der Waals surface area (Å²) >= 11 is 5.99. The molecule has 1 aromatic rings. The van der Waals surface area contributed by atoms with E-state index in [0.29, 0.717) is 32.7 Å². The van der Waals surface area contributed by atoms with Crippen LogP contribution < -0.4 is 10.6 Å². The van der Waals surface area contributed by atoms with Gasteiger partial charge in [0.25, 0.3) is 5.69 Å². The van der Waals surface area contributed by atoms with Crippen LogP contribution in [0.3, 0.4) is 0 Å². The second-order valence-corrected chi connectivity index (χ2v) is 5.17. The van der Waals surface area contributed by atoms with E-state index in [1.165, 1.54) is 0 Å². The third-order valence-electron chi connectivity index (χ3n) is 3.51. The molecule has 2 rings (SSSR count). The molecule has 1 aromatic carbocycles. The van der Waals surface area contributed by atoms with Gasteiger partial charge in [-0.3, -0.25) is 15.0 Å². The van der Waals surface area contributed by atoms with Gasteiger partial charge in [0.1, 0.15) is 5.69 Å². The van der Waals surface area contributed by atoms with Crippen LogP contribution in [0.25, 0.3) is 0 Å². The Bertz CT molecular complexity index is 550. The summed E-state index contributed by atoms with van der Waals surface area (Å²) in [6.45, 7) is 2.94.